The lowest BCUT2D eigenvalue weighted by atomic mass is 10.2. The van der Waals surface area contributed by atoms with Crippen LogP contribution in [0.3, 0.4) is 0 Å². The molecule has 12 heavy (non-hydrogen) atoms. The van der Waals surface area contributed by atoms with Crippen molar-refractivity contribution in [2.24, 2.45) is 0 Å². The Morgan fingerprint density at radius 3 is 2.17 bits per heavy atom. The van der Waals surface area contributed by atoms with Crippen LogP contribution in [0.1, 0.15) is 0 Å². The number of aliphatic carboxylic acids is 2. The Hall–Kier alpha value is -1.78. The highest BCUT2D eigenvalue weighted by atomic mass is 16.5. The molecule has 0 saturated carbocycles. The van der Waals surface area contributed by atoms with Gasteiger partial charge < -0.3 is 14.9 Å². The maximum Gasteiger partial charge on any atom is 0.349 e. The van der Waals surface area contributed by atoms with Gasteiger partial charge in [-0.15, -0.1) is 0 Å². The zero-order valence-corrected chi connectivity index (χ0v) is 6.19. The van der Waals surface area contributed by atoms with Crippen molar-refractivity contribution >= 4 is 11.9 Å². The molecule has 0 spiro atoms. The lowest BCUT2D eigenvalue weighted by Gasteiger charge is -2.10. The van der Waals surface area contributed by atoms with Crippen LogP contribution < -0.4 is 0 Å². The second-order valence-corrected chi connectivity index (χ2v) is 1.85. The van der Waals surface area contributed by atoms with Crippen molar-refractivity contribution in [2.75, 3.05) is 0 Å². The van der Waals surface area contributed by atoms with Crippen molar-refractivity contribution in [3.63, 3.8) is 0 Å². The molecule has 0 aliphatic heterocycles. The lowest BCUT2D eigenvalue weighted by molar-refractivity contribution is -0.148. The normalized spacial score (nSPS) is 11.3. The van der Waals surface area contributed by atoms with E-state index in [4.69, 9.17) is 10.2 Å². The third-order valence-corrected chi connectivity index (χ3v) is 1.05. The third kappa shape index (κ3) is 2.45. The summed E-state index contributed by atoms with van der Waals surface area (Å²) in [6, 6.07) is 0. The standard InChI is InChI=1S/C7H8O5/c1-3-12-5(7(10)11)4(2)6(8)9/h3,5H,1-2H2,(H,8,9)(H,10,11). The summed E-state index contributed by atoms with van der Waals surface area (Å²) in [6.45, 7) is 6.15. The molecule has 0 heterocycles. The molecule has 0 fully saturated rings. The number of carboxylic acid groups (broad SMARTS) is 2. The zero-order valence-electron chi connectivity index (χ0n) is 6.19. The molecule has 0 aromatic heterocycles. The lowest BCUT2D eigenvalue weighted by Crippen LogP contribution is -2.27. The number of rotatable bonds is 5. The monoisotopic (exact) mass is 172 g/mol. The minimum atomic E-state index is -1.57. The van der Waals surface area contributed by atoms with Crippen LogP contribution in [0.2, 0.25) is 0 Å². The van der Waals surface area contributed by atoms with Gasteiger partial charge in [-0.05, 0) is 0 Å². The molecule has 0 aliphatic carbocycles. The van der Waals surface area contributed by atoms with Crippen LogP contribution in [0.15, 0.2) is 25.0 Å². The quantitative estimate of drug-likeness (QED) is 0.458. The molecule has 0 aliphatic rings. The predicted molar refractivity (Wildman–Crippen MR) is 39.5 cm³/mol. The third-order valence-electron chi connectivity index (χ3n) is 1.05. The van der Waals surface area contributed by atoms with Crippen LogP contribution in [0.25, 0.3) is 0 Å². The summed E-state index contributed by atoms with van der Waals surface area (Å²) in [6.07, 6.45) is -0.715. The Balaban J connectivity index is 4.50. The second-order valence-electron chi connectivity index (χ2n) is 1.85. The van der Waals surface area contributed by atoms with Gasteiger partial charge in [-0.25, -0.2) is 9.59 Å². The van der Waals surface area contributed by atoms with Crippen LogP contribution >= 0.6 is 0 Å². The summed E-state index contributed by atoms with van der Waals surface area (Å²) in [4.78, 5) is 20.6. The first-order valence-corrected chi connectivity index (χ1v) is 2.92. The first-order valence-electron chi connectivity index (χ1n) is 2.92. The molecule has 1 atom stereocenters. The van der Waals surface area contributed by atoms with E-state index in [0.717, 1.165) is 6.26 Å². The molecule has 0 amide bonds. The molecule has 5 nitrogen and oxygen atoms in total. The van der Waals surface area contributed by atoms with E-state index in [2.05, 4.69) is 17.9 Å². The Morgan fingerprint density at radius 2 is 1.92 bits per heavy atom. The van der Waals surface area contributed by atoms with E-state index < -0.39 is 23.6 Å². The summed E-state index contributed by atoms with van der Waals surface area (Å²) in [5.74, 6) is -2.83. The van der Waals surface area contributed by atoms with E-state index in [1.807, 2.05) is 0 Å². The highest BCUT2D eigenvalue weighted by Gasteiger charge is 2.26. The molecular formula is C7H8O5. The Morgan fingerprint density at radius 1 is 1.42 bits per heavy atom. The van der Waals surface area contributed by atoms with E-state index >= 15 is 0 Å². The molecule has 0 saturated heterocycles. The largest absolute Gasteiger partial charge is 0.482 e. The number of carbonyl (C=O) groups is 2. The topological polar surface area (TPSA) is 83.8 Å². The van der Waals surface area contributed by atoms with Crippen LogP contribution in [-0.4, -0.2) is 28.3 Å². The van der Waals surface area contributed by atoms with Gasteiger partial charge in [-0.3, -0.25) is 0 Å². The fourth-order valence-corrected chi connectivity index (χ4v) is 0.498. The molecule has 0 rings (SSSR count). The van der Waals surface area contributed by atoms with Gasteiger partial charge in [0, 0.05) is 0 Å². The number of hydrogen-bond acceptors (Lipinski definition) is 3. The highest BCUT2D eigenvalue weighted by molar-refractivity contribution is 5.94. The van der Waals surface area contributed by atoms with Crippen molar-refractivity contribution in [3.8, 4) is 0 Å². The minimum absolute atomic E-state index is 0.539. The smallest absolute Gasteiger partial charge is 0.349 e. The summed E-state index contributed by atoms with van der Waals surface area (Å²) in [5.41, 5.74) is -0.539. The molecular weight excluding hydrogens is 164 g/mol. The Labute approximate surface area is 68.6 Å². The second kappa shape index (κ2) is 4.17. The molecule has 5 heteroatoms. The van der Waals surface area contributed by atoms with E-state index in [0.29, 0.717) is 0 Å². The first kappa shape index (κ1) is 10.2. The van der Waals surface area contributed by atoms with Crippen LogP contribution in [-0.2, 0) is 14.3 Å². The Bertz CT molecular complexity index is 230. The fourth-order valence-electron chi connectivity index (χ4n) is 0.498. The van der Waals surface area contributed by atoms with Crippen LogP contribution in [0, 0.1) is 0 Å². The van der Waals surface area contributed by atoms with Crippen molar-refractivity contribution in [3.05, 3.63) is 25.0 Å². The van der Waals surface area contributed by atoms with Crippen molar-refractivity contribution < 1.29 is 24.5 Å². The summed E-state index contributed by atoms with van der Waals surface area (Å²) in [7, 11) is 0. The summed E-state index contributed by atoms with van der Waals surface area (Å²) in [5, 5.41) is 16.8. The fraction of sp³-hybridized carbons (Fsp3) is 0.143. The minimum Gasteiger partial charge on any atom is -0.482 e. The van der Waals surface area contributed by atoms with E-state index in [1.54, 1.807) is 0 Å². The van der Waals surface area contributed by atoms with Gasteiger partial charge >= 0.3 is 11.9 Å². The number of carboxylic acids is 2. The van der Waals surface area contributed by atoms with Crippen molar-refractivity contribution in [1.82, 2.24) is 0 Å². The molecule has 0 bridgehead atoms. The molecule has 0 aromatic rings. The molecule has 66 valence electrons. The average molecular weight is 172 g/mol. The van der Waals surface area contributed by atoms with Crippen molar-refractivity contribution in [2.45, 2.75) is 6.10 Å². The van der Waals surface area contributed by atoms with Gasteiger partial charge in [0.05, 0.1) is 11.8 Å². The molecule has 0 aromatic carbocycles. The van der Waals surface area contributed by atoms with Gasteiger partial charge in [0.15, 0.2) is 0 Å². The van der Waals surface area contributed by atoms with Gasteiger partial charge in [0.25, 0.3) is 0 Å². The molecule has 0 radical (unpaired) electrons. The first-order chi connectivity index (χ1) is 5.50. The number of ether oxygens (including phenoxy) is 1. The van der Waals surface area contributed by atoms with Crippen molar-refractivity contribution in [1.29, 1.82) is 0 Å². The number of hydrogen-bond donors (Lipinski definition) is 2. The molecule has 1 unspecified atom stereocenters. The summed E-state index contributed by atoms with van der Waals surface area (Å²) < 4.78 is 4.41. The van der Waals surface area contributed by atoms with Gasteiger partial charge in [0.2, 0.25) is 6.10 Å². The van der Waals surface area contributed by atoms with E-state index in [-0.39, 0.29) is 0 Å². The SMILES string of the molecule is C=COC(C(=C)C(=O)O)C(=O)O. The van der Waals surface area contributed by atoms with Gasteiger partial charge in [-0.2, -0.15) is 0 Å². The van der Waals surface area contributed by atoms with Crippen LogP contribution in [0.5, 0.6) is 0 Å². The average Bonchev–Trinajstić information content (AvgIpc) is 1.98. The Kier molecular flexibility index (Phi) is 3.55. The van der Waals surface area contributed by atoms with Crippen LogP contribution in [0.4, 0.5) is 0 Å². The predicted octanol–water partition coefficient (Wildman–Crippen LogP) is 0.240. The van der Waals surface area contributed by atoms with E-state index in [9.17, 15) is 9.59 Å². The summed E-state index contributed by atoms with van der Waals surface area (Å²) >= 11 is 0. The maximum atomic E-state index is 10.3. The van der Waals surface area contributed by atoms with Gasteiger partial charge in [-0.1, -0.05) is 13.2 Å². The maximum absolute atomic E-state index is 10.3. The van der Waals surface area contributed by atoms with E-state index in [1.165, 1.54) is 0 Å². The zero-order chi connectivity index (χ0) is 9.72. The molecule has 2 N–H and O–H groups in total. The van der Waals surface area contributed by atoms with Gasteiger partial charge in [0.1, 0.15) is 0 Å². The highest BCUT2D eigenvalue weighted by Crippen LogP contribution is 2.05.